The maximum absolute atomic E-state index is 11.2. The van der Waals surface area contributed by atoms with Gasteiger partial charge in [0.25, 0.3) is 0 Å². The van der Waals surface area contributed by atoms with E-state index in [0.717, 1.165) is 6.42 Å². The standard InChI is InChI=1S/C11H22N2O4/c1-11(2,3)17-10(15)13-7-5-6-12-8-9(14)16-4/h12H,5-8H2,1-4H3,(H,13,15). The maximum Gasteiger partial charge on any atom is 0.407 e. The van der Waals surface area contributed by atoms with Gasteiger partial charge in [0.15, 0.2) is 0 Å². The highest BCUT2D eigenvalue weighted by Gasteiger charge is 2.15. The third kappa shape index (κ3) is 11.0. The Morgan fingerprint density at radius 3 is 2.35 bits per heavy atom. The molecule has 6 nitrogen and oxygen atoms in total. The number of rotatable bonds is 6. The van der Waals surface area contributed by atoms with Crippen LogP contribution in [0.2, 0.25) is 0 Å². The Kier molecular flexibility index (Phi) is 7.29. The van der Waals surface area contributed by atoms with Crippen molar-refractivity contribution < 1.29 is 19.1 Å². The minimum Gasteiger partial charge on any atom is -0.468 e. The van der Waals surface area contributed by atoms with Crippen LogP contribution in [0, 0.1) is 0 Å². The molecule has 0 spiro atoms. The summed E-state index contributed by atoms with van der Waals surface area (Å²) >= 11 is 0. The van der Waals surface area contributed by atoms with Gasteiger partial charge < -0.3 is 20.1 Å². The molecule has 0 rings (SSSR count). The second-order valence-electron chi connectivity index (χ2n) is 4.54. The summed E-state index contributed by atoms with van der Waals surface area (Å²) in [4.78, 5) is 22.0. The van der Waals surface area contributed by atoms with Crippen LogP contribution in [0.15, 0.2) is 0 Å². The minimum atomic E-state index is -0.479. The molecule has 0 aromatic heterocycles. The van der Waals surface area contributed by atoms with E-state index in [1.54, 1.807) is 0 Å². The normalized spacial score (nSPS) is 10.8. The van der Waals surface area contributed by atoms with Crippen LogP contribution < -0.4 is 10.6 Å². The van der Waals surface area contributed by atoms with Crippen molar-refractivity contribution in [3.8, 4) is 0 Å². The molecule has 0 saturated carbocycles. The molecular weight excluding hydrogens is 224 g/mol. The van der Waals surface area contributed by atoms with Gasteiger partial charge in [0, 0.05) is 6.54 Å². The van der Waals surface area contributed by atoms with Crippen LogP contribution in [0.25, 0.3) is 0 Å². The average molecular weight is 246 g/mol. The van der Waals surface area contributed by atoms with Crippen molar-refractivity contribution in [1.29, 1.82) is 0 Å². The van der Waals surface area contributed by atoms with Crippen molar-refractivity contribution in [3.63, 3.8) is 0 Å². The van der Waals surface area contributed by atoms with Crippen LogP contribution in [0.5, 0.6) is 0 Å². The number of methoxy groups -OCH3 is 1. The van der Waals surface area contributed by atoms with Crippen LogP contribution in [0.1, 0.15) is 27.2 Å². The number of nitrogens with one attached hydrogen (secondary N) is 2. The van der Waals surface area contributed by atoms with E-state index in [-0.39, 0.29) is 12.5 Å². The van der Waals surface area contributed by atoms with Crippen LogP contribution in [0.4, 0.5) is 4.79 Å². The van der Waals surface area contributed by atoms with E-state index >= 15 is 0 Å². The summed E-state index contributed by atoms with van der Waals surface area (Å²) in [6.07, 6.45) is 0.293. The van der Waals surface area contributed by atoms with Gasteiger partial charge in [0.1, 0.15) is 5.60 Å². The summed E-state index contributed by atoms with van der Waals surface area (Å²) in [7, 11) is 1.34. The minimum absolute atomic E-state index is 0.183. The molecule has 0 aliphatic heterocycles. The van der Waals surface area contributed by atoms with E-state index < -0.39 is 11.7 Å². The average Bonchev–Trinajstić information content (AvgIpc) is 2.20. The third-order valence-corrected chi connectivity index (χ3v) is 1.70. The van der Waals surface area contributed by atoms with Gasteiger partial charge in [0.2, 0.25) is 0 Å². The number of amides is 1. The second-order valence-corrected chi connectivity index (χ2v) is 4.54. The monoisotopic (exact) mass is 246 g/mol. The molecule has 0 atom stereocenters. The van der Waals surface area contributed by atoms with E-state index in [1.807, 2.05) is 20.8 Å². The number of hydrogen-bond acceptors (Lipinski definition) is 5. The molecule has 0 aromatic rings. The smallest absolute Gasteiger partial charge is 0.407 e. The van der Waals surface area contributed by atoms with E-state index in [9.17, 15) is 9.59 Å². The summed E-state index contributed by atoms with van der Waals surface area (Å²) < 4.78 is 9.51. The highest BCUT2D eigenvalue weighted by molar-refractivity contribution is 5.71. The fourth-order valence-electron chi connectivity index (χ4n) is 0.981. The number of carbonyl (C=O) groups is 2. The van der Waals surface area contributed by atoms with Gasteiger partial charge in [-0.2, -0.15) is 0 Å². The number of ether oxygens (including phenoxy) is 2. The maximum atomic E-state index is 11.2. The van der Waals surface area contributed by atoms with Crippen LogP contribution >= 0.6 is 0 Å². The lowest BCUT2D eigenvalue weighted by atomic mass is 10.2. The summed E-state index contributed by atoms with van der Waals surface area (Å²) in [5, 5.41) is 5.52. The Morgan fingerprint density at radius 2 is 1.82 bits per heavy atom. The van der Waals surface area contributed by atoms with Crippen LogP contribution in [-0.4, -0.2) is 44.4 Å². The first-order valence-electron chi connectivity index (χ1n) is 5.59. The predicted octanol–water partition coefficient (Wildman–Crippen LogP) is 0.664. The van der Waals surface area contributed by atoms with Crippen molar-refractivity contribution in [2.45, 2.75) is 32.8 Å². The zero-order chi connectivity index (χ0) is 13.3. The molecule has 0 radical (unpaired) electrons. The third-order valence-electron chi connectivity index (χ3n) is 1.70. The first kappa shape index (κ1) is 15.7. The summed E-state index contributed by atoms with van der Waals surface area (Å²) in [6, 6.07) is 0. The Morgan fingerprint density at radius 1 is 1.18 bits per heavy atom. The summed E-state index contributed by atoms with van der Waals surface area (Å²) in [5.74, 6) is -0.301. The lowest BCUT2D eigenvalue weighted by Gasteiger charge is -2.19. The first-order valence-corrected chi connectivity index (χ1v) is 5.59. The number of hydrogen-bond donors (Lipinski definition) is 2. The quantitative estimate of drug-likeness (QED) is 0.532. The first-order chi connectivity index (χ1) is 7.85. The fourth-order valence-corrected chi connectivity index (χ4v) is 0.981. The largest absolute Gasteiger partial charge is 0.468 e. The van der Waals surface area contributed by atoms with Gasteiger partial charge in [-0.1, -0.05) is 0 Å². The molecule has 0 aliphatic carbocycles. The molecule has 6 heteroatoms. The van der Waals surface area contributed by atoms with E-state index in [4.69, 9.17) is 4.74 Å². The molecule has 100 valence electrons. The Labute approximate surface area is 102 Å². The predicted molar refractivity (Wildman–Crippen MR) is 63.7 cm³/mol. The molecule has 0 fully saturated rings. The van der Waals surface area contributed by atoms with E-state index in [2.05, 4.69) is 15.4 Å². The molecule has 0 aromatic carbocycles. The van der Waals surface area contributed by atoms with Crippen molar-refractivity contribution in [2.75, 3.05) is 26.7 Å². The molecule has 1 amide bonds. The van der Waals surface area contributed by atoms with Crippen molar-refractivity contribution >= 4 is 12.1 Å². The molecule has 0 bridgehead atoms. The Balaban J connectivity index is 3.40. The molecule has 17 heavy (non-hydrogen) atoms. The Bertz CT molecular complexity index is 248. The summed E-state index contributed by atoms with van der Waals surface area (Å²) in [6.45, 7) is 6.75. The lowest BCUT2D eigenvalue weighted by molar-refractivity contribution is -0.139. The molecule has 2 N–H and O–H groups in total. The zero-order valence-electron chi connectivity index (χ0n) is 11.0. The molecule has 0 heterocycles. The van der Waals surface area contributed by atoms with Crippen molar-refractivity contribution in [2.24, 2.45) is 0 Å². The van der Waals surface area contributed by atoms with Gasteiger partial charge in [0.05, 0.1) is 13.7 Å². The topological polar surface area (TPSA) is 76.7 Å². The molecule has 0 saturated heterocycles. The number of carbonyl (C=O) groups excluding carboxylic acids is 2. The number of esters is 1. The van der Waals surface area contributed by atoms with Gasteiger partial charge in [-0.3, -0.25) is 4.79 Å². The number of alkyl carbamates (subject to hydrolysis) is 1. The highest BCUT2D eigenvalue weighted by atomic mass is 16.6. The van der Waals surface area contributed by atoms with Crippen molar-refractivity contribution in [1.82, 2.24) is 10.6 Å². The Hall–Kier alpha value is -1.30. The van der Waals surface area contributed by atoms with Gasteiger partial charge >= 0.3 is 12.1 Å². The highest BCUT2D eigenvalue weighted by Crippen LogP contribution is 2.06. The molecular formula is C11H22N2O4. The van der Waals surface area contributed by atoms with Gasteiger partial charge in [-0.25, -0.2) is 4.79 Å². The van der Waals surface area contributed by atoms with E-state index in [1.165, 1.54) is 7.11 Å². The molecule has 0 aliphatic rings. The summed E-state index contributed by atoms with van der Waals surface area (Å²) in [5.41, 5.74) is -0.479. The fraction of sp³-hybridized carbons (Fsp3) is 0.818. The molecule has 0 unspecified atom stereocenters. The van der Waals surface area contributed by atoms with Crippen LogP contribution in [-0.2, 0) is 14.3 Å². The second kappa shape index (κ2) is 7.89. The van der Waals surface area contributed by atoms with Gasteiger partial charge in [-0.15, -0.1) is 0 Å². The van der Waals surface area contributed by atoms with E-state index in [0.29, 0.717) is 13.1 Å². The van der Waals surface area contributed by atoms with Crippen molar-refractivity contribution in [3.05, 3.63) is 0 Å². The zero-order valence-corrected chi connectivity index (χ0v) is 11.0. The van der Waals surface area contributed by atoms with Crippen LogP contribution in [0.3, 0.4) is 0 Å². The van der Waals surface area contributed by atoms with Gasteiger partial charge in [-0.05, 0) is 33.7 Å². The SMILES string of the molecule is COC(=O)CNCCCNC(=O)OC(C)(C)C. The lowest BCUT2D eigenvalue weighted by Crippen LogP contribution is -2.34.